The predicted octanol–water partition coefficient (Wildman–Crippen LogP) is 4.63. The number of benzene rings is 2. The SMILES string of the molecule is CCc1cccc(NC(=O)CCc2c(C)n(CC)c3cc(-c4ccccc4OC)nn3c2=O)c1. The number of fused-ring (bicyclic) bond motifs is 1. The lowest BCUT2D eigenvalue weighted by Crippen LogP contribution is -2.26. The van der Waals surface area contributed by atoms with E-state index in [0.29, 0.717) is 30.0 Å². The number of para-hydroxylation sites is 1. The molecule has 2 aromatic carbocycles. The molecule has 0 fully saturated rings. The van der Waals surface area contributed by atoms with Gasteiger partial charge in [-0.2, -0.15) is 9.61 Å². The number of hydrogen-bond donors (Lipinski definition) is 1. The van der Waals surface area contributed by atoms with Gasteiger partial charge in [0.2, 0.25) is 5.91 Å². The van der Waals surface area contributed by atoms with Crippen molar-refractivity contribution in [3.8, 4) is 17.0 Å². The number of amides is 1. The first-order chi connectivity index (χ1) is 16.5. The van der Waals surface area contributed by atoms with Crippen molar-refractivity contribution in [3.05, 3.63) is 81.8 Å². The van der Waals surface area contributed by atoms with Crippen LogP contribution in [0.4, 0.5) is 5.69 Å². The van der Waals surface area contributed by atoms with Gasteiger partial charge in [0.1, 0.15) is 11.4 Å². The van der Waals surface area contributed by atoms with Crippen molar-refractivity contribution in [2.45, 2.75) is 46.6 Å². The molecule has 34 heavy (non-hydrogen) atoms. The third-order valence-corrected chi connectivity index (χ3v) is 6.18. The minimum absolute atomic E-state index is 0.120. The first-order valence-corrected chi connectivity index (χ1v) is 11.6. The second-order valence-corrected chi connectivity index (χ2v) is 8.22. The van der Waals surface area contributed by atoms with E-state index in [1.165, 1.54) is 4.52 Å². The van der Waals surface area contributed by atoms with E-state index >= 15 is 0 Å². The van der Waals surface area contributed by atoms with E-state index in [0.717, 1.165) is 34.6 Å². The average molecular weight is 459 g/mol. The molecular formula is C27H30N4O3. The van der Waals surface area contributed by atoms with Gasteiger partial charge < -0.3 is 14.6 Å². The van der Waals surface area contributed by atoms with Gasteiger partial charge in [0, 0.05) is 41.5 Å². The zero-order valence-corrected chi connectivity index (χ0v) is 20.1. The smallest absolute Gasteiger partial charge is 0.277 e. The van der Waals surface area contributed by atoms with E-state index in [1.807, 2.05) is 68.4 Å². The Morgan fingerprint density at radius 3 is 2.62 bits per heavy atom. The molecule has 0 radical (unpaired) electrons. The Morgan fingerprint density at radius 2 is 1.88 bits per heavy atom. The number of aryl methyl sites for hydroxylation is 2. The maximum Gasteiger partial charge on any atom is 0.277 e. The molecular weight excluding hydrogens is 428 g/mol. The van der Waals surface area contributed by atoms with Crippen molar-refractivity contribution in [3.63, 3.8) is 0 Å². The maximum absolute atomic E-state index is 13.4. The predicted molar refractivity (Wildman–Crippen MR) is 135 cm³/mol. The van der Waals surface area contributed by atoms with E-state index in [2.05, 4.69) is 21.9 Å². The molecule has 7 nitrogen and oxygen atoms in total. The van der Waals surface area contributed by atoms with Gasteiger partial charge in [-0.3, -0.25) is 9.59 Å². The molecule has 2 aromatic heterocycles. The molecule has 176 valence electrons. The van der Waals surface area contributed by atoms with Crippen LogP contribution in [0.3, 0.4) is 0 Å². The number of methoxy groups -OCH3 is 1. The summed E-state index contributed by atoms with van der Waals surface area (Å²) in [4.78, 5) is 26.0. The van der Waals surface area contributed by atoms with Crippen LogP contribution in [0.1, 0.15) is 37.1 Å². The quantitative estimate of drug-likeness (QED) is 0.418. The van der Waals surface area contributed by atoms with Crippen LogP contribution in [-0.2, 0) is 24.2 Å². The highest BCUT2D eigenvalue weighted by Gasteiger charge is 2.18. The summed E-state index contributed by atoms with van der Waals surface area (Å²) in [5.74, 6) is 0.576. The second-order valence-electron chi connectivity index (χ2n) is 8.22. The molecule has 0 saturated heterocycles. The number of nitrogens with one attached hydrogen (secondary N) is 1. The molecule has 1 N–H and O–H groups in total. The second kappa shape index (κ2) is 9.95. The summed E-state index contributed by atoms with van der Waals surface area (Å²) in [5, 5.41) is 7.56. The monoisotopic (exact) mass is 458 g/mol. The fourth-order valence-corrected chi connectivity index (χ4v) is 4.34. The number of ether oxygens (including phenoxy) is 1. The number of carbonyl (C=O) groups is 1. The lowest BCUT2D eigenvalue weighted by molar-refractivity contribution is -0.116. The Labute approximate surface area is 199 Å². The molecule has 0 saturated carbocycles. The van der Waals surface area contributed by atoms with E-state index in [9.17, 15) is 9.59 Å². The van der Waals surface area contributed by atoms with E-state index in [4.69, 9.17) is 4.74 Å². The highest BCUT2D eigenvalue weighted by Crippen LogP contribution is 2.29. The molecule has 2 heterocycles. The summed E-state index contributed by atoms with van der Waals surface area (Å²) in [6.45, 7) is 6.71. The van der Waals surface area contributed by atoms with Crippen molar-refractivity contribution in [1.82, 2.24) is 14.2 Å². The summed E-state index contributed by atoms with van der Waals surface area (Å²) >= 11 is 0. The van der Waals surface area contributed by atoms with Gasteiger partial charge in [-0.15, -0.1) is 0 Å². The Bertz CT molecular complexity index is 1400. The average Bonchev–Trinajstić information content (AvgIpc) is 3.29. The fraction of sp³-hybridized carbons (Fsp3) is 0.296. The molecule has 0 aliphatic carbocycles. The lowest BCUT2D eigenvalue weighted by Gasteiger charge is -2.14. The maximum atomic E-state index is 13.4. The summed E-state index contributed by atoms with van der Waals surface area (Å²) < 4.78 is 8.98. The van der Waals surface area contributed by atoms with Gasteiger partial charge in [-0.25, -0.2) is 0 Å². The Morgan fingerprint density at radius 1 is 1.09 bits per heavy atom. The first kappa shape index (κ1) is 23.3. The van der Waals surface area contributed by atoms with E-state index in [-0.39, 0.29) is 17.9 Å². The standard InChI is InChI=1S/C27H30N4O3/c1-5-19-10-9-11-20(16-19)28-25(32)15-14-21-18(3)30(6-2)26-17-23(29-31(26)27(21)33)22-12-7-8-13-24(22)34-4/h7-13,16-17H,5-6,14-15H2,1-4H3,(H,28,32). The Balaban J connectivity index is 1.65. The summed E-state index contributed by atoms with van der Waals surface area (Å²) in [7, 11) is 1.62. The highest BCUT2D eigenvalue weighted by atomic mass is 16.5. The number of anilines is 1. The molecule has 0 aliphatic rings. The minimum atomic E-state index is -0.195. The summed E-state index contributed by atoms with van der Waals surface area (Å²) in [5.41, 5.74) is 5.40. The Hall–Kier alpha value is -3.87. The zero-order chi connectivity index (χ0) is 24.2. The van der Waals surface area contributed by atoms with Crippen molar-refractivity contribution >= 4 is 17.2 Å². The zero-order valence-electron chi connectivity index (χ0n) is 20.1. The number of nitrogens with zero attached hydrogens (tertiary/aromatic N) is 3. The molecule has 4 rings (SSSR count). The molecule has 7 heteroatoms. The third kappa shape index (κ3) is 4.46. The number of carbonyl (C=O) groups excluding carboxylic acids is 1. The first-order valence-electron chi connectivity index (χ1n) is 11.6. The molecule has 0 spiro atoms. The van der Waals surface area contributed by atoms with Crippen LogP contribution < -0.4 is 15.6 Å². The van der Waals surface area contributed by atoms with Crippen molar-refractivity contribution in [1.29, 1.82) is 0 Å². The Kier molecular flexibility index (Phi) is 6.82. The van der Waals surface area contributed by atoms with Crippen LogP contribution in [0.25, 0.3) is 16.9 Å². The molecule has 0 atom stereocenters. The number of rotatable bonds is 8. The van der Waals surface area contributed by atoms with E-state index in [1.54, 1.807) is 7.11 Å². The van der Waals surface area contributed by atoms with Crippen LogP contribution in [0.15, 0.2) is 59.4 Å². The van der Waals surface area contributed by atoms with Gasteiger partial charge >= 0.3 is 0 Å². The molecule has 0 aliphatic heterocycles. The van der Waals surface area contributed by atoms with Gasteiger partial charge in [0.05, 0.1) is 12.8 Å². The highest BCUT2D eigenvalue weighted by molar-refractivity contribution is 5.90. The van der Waals surface area contributed by atoms with E-state index < -0.39 is 0 Å². The summed E-state index contributed by atoms with van der Waals surface area (Å²) in [6, 6.07) is 17.3. The van der Waals surface area contributed by atoms with Crippen molar-refractivity contribution in [2.75, 3.05) is 12.4 Å². The summed E-state index contributed by atoms with van der Waals surface area (Å²) in [6.07, 6.45) is 1.45. The van der Waals surface area contributed by atoms with Gasteiger partial charge in [0.25, 0.3) is 5.56 Å². The largest absolute Gasteiger partial charge is 0.496 e. The van der Waals surface area contributed by atoms with Crippen LogP contribution in [0, 0.1) is 6.92 Å². The minimum Gasteiger partial charge on any atom is -0.496 e. The molecule has 4 aromatic rings. The number of hydrogen-bond acceptors (Lipinski definition) is 4. The van der Waals surface area contributed by atoms with Crippen LogP contribution >= 0.6 is 0 Å². The van der Waals surface area contributed by atoms with Crippen LogP contribution in [0.5, 0.6) is 5.75 Å². The van der Waals surface area contributed by atoms with Gasteiger partial charge in [0.15, 0.2) is 0 Å². The normalized spacial score (nSPS) is 11.1. The van der Waals surface area contributed by atoms with Gasteiger partial charge in [-0.05, 0) is 56.5 Å². The number of aromatic nitrogens is 3. The van der Waals surface area contributed by atoms with Crippen molar-refractivity contribution in [2.24, 2.45) is 0 Å². The van der Waals surface area contributed by atoms with Crippen LogP contribution in [0.2, 0.25) is 0 Å². The molecule has 0 unspecified atom stereocenters. The van der Waals surface area contributed by atoms with Crippen molar-refractivity contribution < 1.29 is 9.53 Å². The topological polar surface area (TPSA) is 77.6 Å². The third-order valence-electron chi connectivity index (χ3n) is 6.18. The lowest BCUT2D eigenvalue weighted by atomic mass is 10.1. The molecule has 0 bridgehead atoms. The van der Waals surface area contributed by atoms with Crippen LogP contribution in [-0.4, -0.2) is 27.2 Å². The molecule has 1 amide bonds. The van der Waals surface area contributed by atoms with Gasteiger partial charge in [-0.1, -0.05) is 31.2 Å². The fourth-order valence-electron chi connectivity index (χ4n) is 4.34.